The third kappa shape index (κ3) is 3.54. The summed E-state index contributed by atoms with van der Waals surface area (Å²) in [7, 11) is -1.85. The Morgan fingerprint density at radius 1 is 1.37 bits per heavy atom. The molecule has 1 aromatic rings. The fourth-order valence-electron chi connectivity index (χ4n) is 3.54. The van der Waals surface area contributed by atoms with Crippen LogP contribution in [0.5, 0.6) is 0 Å². The van der Waals surface area contributed by atoms with E-state index in [1.807, 2.05) is 18.0 Å². The maximum Gasteiger partial charge on any atom is 0.192 e. The molecule has 2 aliphatic rings. The van der Waals surface area contributed by atoms with Crippen LogP contribution in [0.3, 0.4) is 0 Å². The lowest BCUT2D eigenvalue weighted by Gasteiger charge is -2.38. The van der Waals surface area contributed by atoms with E-state index in [9.17, 15) is 5.11 Å². The van der Waals surface area contributed by atoms with Gasteiger partial charge in [0.15, 0.2) is 8.32 Å². The highest BCUT2D eigenvalue weighted by Gasteiger charge is 2.47. The molecule has 0 amide bonds. The lowest BCUT2D eigenvalue weighted by Crippen LogP contribution is -2.44. The Bertz CT molecular complexity index is 826. The van der Waals surface area contributed by atoms with Gasteiger partial charge in [0.2, 0.25) is 0 Å². The van der Waals surface area contributed by atoms with Gasteiger partial charge in [-0.1, -0.05) is 38.4 Å². The van der Waals surface area contributed by atoms with Crippen molar-refractivity contribution in [3.63, 3.8) is 0 Å². The van der Waals surface area contributed by atoms with E-state index in [0.717, 1.165) is 17.5 Å². The summed E-state index contributed by atoms with van der Waals surface area (Å²) in [5.74, 6) is 0. The minimum absolute atomic E-state index is 0.0661. The number of hydrogen-bond acceptors (Lipinski definition) is 5. The molecule has 1 fully saturated rings. The summed E-state index contributed by atoms with van der Waals surface area (Å²) < 4.78 is 6.52. The molecule has 3 atom stereocenters. The number of benzene rings is 1. The van der Waals surface area contributed by atoms with Crippen LogP contribution in [-0.4, -0.2) is 48.9 Å². The minimum Gasteiger partial charge on any atom is -0.412 e. The van der Waals surface area contributed by atoms with E-state index in [0.29, 0.717) is 22.8 Å². The minimum atomic E-state index is -1.85. The Labute approximate surface area is 167 Å². The summed E-state index contributed by atoms with van der Waals surface area (Å²) in [6.07, 6.45) is 0.186. The van der Waals surface area contributed by atoms with E-state index >= 15 is 0 Å². The van der Waals surface area contributed by atoms with Crippen LogP contribution in [0, 0.1) is 18.3 Å². The van der Waals surface area contributed by atoms with E-state index in [2.05, 4.69) is 39.9 Å². The standard InChI is InChI=1S/C20H28ClN3O2Si/c1-12-15(8-7-13(10-22)17(12)21)18-19(25)16-9-14(11-24(16)23-18)26-27(5,6)20(2,3)4/h7-8,14,16,19,25H,9,11H2,1-6H3/t14-,16+,19+/m1/s1. The van der Waals surface area contributed by atoms with Crippen molar-refractivity contribution >= 4 is 25.6 Å². The van der Waals surface area contributed by atoms with Crippen LogP contribution in [0.4, 0.5) is 0 Å². The third-order valence-corrected chi connectivity index (χ3v) is 11.2. The molecule has 1 saturated heterocycles. The molecule has 0 spiro atoms. The Morgan fingerprint density at radius 2 is 2.04 bits per heavy atom. The van der Waals surface area contributed by atoms with Gasteiger partial charge in [0.05, 0.1) is 35.0 Å². The molecule has 5 nitrogen and oxygen atoms in total. The molecule has 0 unspecified atom stereocenters. The number of nitrogens with zero attached hydrogens (tertiary/aromatic N) is 3. The fraction of sp³-hybridized carbons (Fsp3) is 0.600. The van der Waals surface area contributed by atoms with Gasteiger partial charge >= 0.3 is 0 Å². The van der Waals surface area contributed by atoms with Crippen molar-refractivity contribution < 1.29 is 9.53 Å². The molecule has 0 aliphatic carbocycles. The Kier molecular flexibility index (Phi) is 5.19. The number of aliphatic hydroxyl groups excluding tert-OH is 1. The molecule has 1 N–H and O–H groups in total. The summed E-state index contributed by atoms with van der Waals surface area (Å²) in [6, 6.07) is 5.54. The second-order valence-electron chi connectivity index (χ2n) is 9.07. The second kappa shape index (κ2) is 6.89. The highest BCUT2D eigenvalue weighted by Crippen LogP contribution is 2.40. The summed E-state index contributed by atoms with van der Waals surface area (Å²) in [6.45, 7) is 13.8. The van der Waals surface area contributed by atoms with Gasteiger partial charge in [-0.25, -0.2) is 0 Å². The van der Waals surface area contributed by atoms with Crippen LogP contribution < -0.4 is 0 Å². The molecule has 27 heavy (non-hydrogen) atoms. The van der Waals surface area contributed by atoms with Gasteiger partial charge in [0, 0.05) is 5.56 Å². The lowest BCUT2D eigenvalue weighted by molar-refractivity contribution is 0.150. The Hall–Kier alpha value is -1.39. The van der Waals surface area contributed by atoms with E-state index < -0.39 is 14.4 Å². The van der Waals surface area contributed by atoms with E-state index in [1.54, 1.807) is 6.07 Å². The van der Waals surface area contributed by atoms with Gasteiger partial charge in [0.1, 0.15) is 12.2 Å². The first kappa shape index (κ1) is 20.3. The second-order valence-corrected chi connectivity index (χ2v) is 14.2. The van der Waals surface area contributed by atoms with Crippen molar-refractivity contribution in [2.75, 3.05) is 6.54 Å². The predicted octanol–water partition coefficient (Wildman–Crippen LogP) is 4.06. The highest BCUT2D eigenvalue weighted by atomic mass is 35.5. The third-order valence-electron chi connectivity index (χ3n) is 6.21. The zero-order chi connectivity index (χ0) is 20.1. The molecule has 3 rings (SSSR count). The summed E-state index contributed by atoms with van der Waals surface area (Å²) in [4.78, 5) is 0. The topological polar surface area (TPSA) is 68.8 Å². The normalized spacial score (nSPS) is 25.4. The van der Waals surface area contributed by atoms with Crippen molar-refractivity contribution in [1.82, 2.24) is 5.01 Å². The molecule has 2 aliphatic heterocycles. The predicted molar refractivity (Wildman–Crippen MR) is 111 cm³/mol. The zero-order valence-corrected chi connectivity index (χ0v) is 18.6. The first-order chi connectivity index (χ1) is 12.5. The number of halogens is 1. The average molecular weight is 406 g/mol. The van der Waals surface area contributed by atoms with Gasteiger partial charge in [0.25, 0.3) is 0 Å². The number of rotatable bonds is 3. The van der Waals surface area contributed by atoms with Crippen molar-refractivity contribution in [2.45, 2.75) is 70.5 Å². The molecular formula is C20H28ClN3O2Si. The van der Waals surface area contributed by atoms with Gasteiger partial charge in [-0.3, -0.25) is 5.01 Å². The first-order valence-electron chi connectivity index (χ1n) is 9.37. The number of hydrazone groups is 1. The molecule has 0 bridgehead atoms. The molecule has 0 aromatic heterocycles. The van der Waals surface area contributed by atoms with Crippen LogP contribution in [0.25, 0.3) is 0 Å². The molecular weight excluding hydrogens is 378 g/mol. The van der Waals surface area contributed by atoms with Crippen molar-refractivity contribution in [3.05, 3.63) is 33.8 Å². The van der Waals surface area contributed by atoms with Crippen LogP contribution in [0.15, 0.2) is 17.2 Å². The number of hydrogen-bond donors (Lipinski definition) is 1. The van der Waals surface area contributed by atoms with Gasteiger partial charge in [-0.2, -0.15) is 10.4 Å². The van der Waals surface area contributed by atoms with Gasteiger partial charge in [-0.15, -0.1) is 0 Å². The maximum atomic E-state index is 10.9. The van der Waals surface area contributed by atoms with Crippen LogP contribution in [0.2, 0.25) is 23.2 Å². The van der Waals surface area contributed by atoms with Crippen LogP contribution >= 0.6 is 11.6 Å². The smallest absolute Gasteiger partial charge is 0.192 e. The molecule has 0 saturated carbocycles. The average Bonchev–Trinajstić information content (AvgIpc) is 3.07. The highest BCUT2D eigenvalue weighted by molar-refractivity contribution is 6.74. The number of aliphatic hydroxyl groups is 1. The van der Waals surface area contributed by atoms with Crippen molar-refractivity contribution in [1.29, 1.82) is 5.26 Å². The largest absolute Gasteiger partial charge is 0.412 e. The van der Waals surface area contributed by atoms with E-state index in [4.69, 9.17) is 26.4 Å². The Balaban J connectivity index is 1.80. The summed E-state index contributed by atoms with van der Waals surface area (Å²) in [5.41, 5.74) is 2.66. The van der Waals surface area contributed by atoms with Crippen molar-refractivity contribution in [2.24, 2.45) is 5.10 Å². The molecule has 2 heterocycles. The quantitative estimate of drug-likeness (QED) is 0.769. The van der Waals surface area contributed by atoms with Crippen molar-refractivity contribution in [3.8, 4) is 6.07 Å². The number of fused-ring (bicyclic) bond motifs is 1. The lowest BCUT2D eigenvalue weighted by atomic mass is 9.95. The van der Waals surface area contributed by atoms with Gasteiger partial charge in [-0.05, 0) is 43.1 Å². The van der Waals surface area contributed by atoms with Gasteiger partial charge < -0.3 is 9.53 Å². The molecule has 146 valence electrons. The summed E-state index contributed by atoms with van der Waals surface area (Å²) >= 11 is 6.30. The zero-order valence-electron chi connectivity index (χ0n) is 16.9. The van der Waals surface area contributed by atoms with Crippen LogP contribution in [-0.2, 0) is 4.43 Å². The maximum absolute atomic E-state index is 10.9. The Morgan fingerprint density at radius 3 is 2.59 bits per heavy atom. The molecule has 7 heteroatoms. The fourth-order valence-corrected chi connectivity index (χ4v) is 5.10. The number of nitriles is 1. The first-order valence-corrected chi connectivity index (χ1v) is 12.7. The van der Waals surface area contributed by atoms with E-state index in [-0.39, 0.29) is 17.2 Å². The van der Waals surface area contributed by atoms with Crippen LogP contribution in [0.1, 0.15) is 43.9 Å². The molecule has 0 radical (unpaired) electrons. The monoisotopic (exact) mass is 405 g/mol. The van der Waals surface area contributed by atoms with E-state index in [1.165, 1.54) is 0 Å². The summed E-state index contributed by atoms with van der Waals surface area (Å²) in [5, 5.41) is 27.3. The SMILES string of the molecule is Cc1c(C2=NN3C[C@H](O[Si](C)(C)C(C)(C)C)C[C@H]3[C@@H]2O)ccc(C#N)c1Cl. The molecule has 1 aromatic carbocycles.